The van der Waals surface area contributed by atoms with Gasteiger partial charge in [-0.3, -0.25) is 9.59 Å². The van der Waals surface area contributed by atoms with E-state index in [9.17, 15) is 9.59 Å². The van der Waals surface area contributed by atoms with Crippen LogP contribution in [0.2, 0.25) is 0 Å². The smallest absolute Gasteiger partial charge is 0.305 e. The third kappa shape index (κ3) is 3.82. The molecule has 2 fully saturated rings. The third-order valence-corrected chi connectivity index (χ3v) is 10.1. The van der Waals surface area contributed by atoms with E-state index < -0.39 is 0 Å². The van der Waals surface area contributed by atoms with Crippen LogP contribution in [-0.2, 0) is 4.79 Å². The zero-order valence-corrected chi connectivity index (χ0v) is 20.4. The van der Waals surface area contributed by atoms with E-state index in [1.54, 1.807) is 31.4 Å². The number of thioether (sulfide) groups is 1. The minimum atomic E-state index is -0.219. The normalized spacial score (nSPS) is 26.6. The van der Waals surface area contributed by atoms with Crippen LogP contribution in [0.4, 0.5) is 5.69 Å². The summed E-state index contributed by atoms with van der Waals surface area (Å²) in [6.07, 6.45) is 3.84. The number of para-hydroxylation sites is 1. The van der Waals surface area contributed by atoms with Crippen molar-refractivity contribution >= 4 is 34.7 Å². The van der Waals surface area contributed by atoms with Crippen molar-refractivity contribution in [2.45, 2.75) is 35.5 Å². The van der Waals surface area contributed by atoms with E-state index in [0.29, 0.717) is 22.8 Å². The second-order valence-electron chi connectivity index (χ2n) is 9.28. The average molecular weight is 495 g/mol. The number of anilines is 1. The Morgan fingerprint density at radius 3 is 2.74 bits per heavy atom. The highest BCUT2D eigenvalue weighted by atomic mass is 32.2. The molecule has 2 saturated carbocycles. The molecule has 0 saturated heterocycles. The van der Waals surface area contributed by atoms with E-state index in [1.807, 2.05) is 30.0 Å². The molecule has 0 radical (unpaired) electrons. The molecule has 2 aromatic carbocycles. The number of carbonyl (C=O) groups excluding carboxylic acids is 1. The van der Waals surface area contributed by atoms with Gasteiger partial charge in [0.25, 0.3) is 5.91 Å². The fraction of sp³-hybridized carbons (Fsp3) is 0.385. The summed E-state index contributed by atoms with van der Waals surface area (Å²) in [6, 6.07) is 15.2. The number of benzene rings is 2. The first-order valence-corrected chi connectivity index (χ1v) is 13.4. The van der Waals surface area contributed by atoms with Crippen molar-refractivity contribution in [2.24, 2.45) is 17.8 Å². The van der Waals surface area contributed by atoms with E-state index >= 15 is 0 Å². The van der Waals surface area contributed by atoms with Crippen molar-refractivity contribution in [3.8, 4) is 11.5 Å². The summed E-state index contributed by atoms with van der Waals surface area (Å²) >= 11 is 3.21. The van der Waals surface area contributed by atoms with E-state index in [1.165, 1.54) is 30.6 Å². The minimum absolute atomic E-state index is 0.00656. The van der Waals surface area contributed by atoms with Crippen molar-refractivity contribution < 1.29 is 14.3 Å². The zero-order chi connectivity index (χ0) is 23.2. The Morgan fingerprint density at radius 2 is 1.91 bits per heavy atom. The molecule has 3 aliphatic rings. The van der Waals surface area contributed by atoms with E-state index in [2.05, 4.69) is 16.4 Å². The quantitative estimate of drug-likeness (QED) is 0.498. The van der Waals surface area contributed by atoms with Gasteiger partial charge in [0.05, 0.1) is 12.1 Å². The molecular weight excluding hydrogens is 468 g/mol. The Morgan fingerprint density at radius 1 is 1.12 bits per heavy atom. The first-order chi connectivity index (χ1) is 16.6. The molecule has 1 aromatic heterocycles. The van der Waals surface area contributed by atoms with Crippen LogP contribution < -0.4 is 19.7 Å². The molecule has 6 rings (SSSR count). The molecule has 8 heteroatoms. The number of nitrogens with one attached hydrogen (secondary N) is 2. The topological polar surface area (TPSA) is 80.4 Å². The minimum Gasteiger partial charge on any atom is -0.497 e. The third-order valence-electron chi connectivity index (χ3n) is 7.45. The lowest BCUT2D eigenvalue weighted by molar-refractivity contribution is -0.118. The number of amides is 1. The predicted molar refractivity (Wildman–Crippen MR) is 134 cm³/mol. The fourth-order valence-corrected chi connectivity index (χ4v) is 8.97. The molecule has 3 aromatic rings. The van der Waals surface area contributed by atoms with Crippen LogP contribution in [-0.4, -0.2) is 29.9 Å². The maximum atomic E-state index is 12.6. The molecule has 5 atom stereocenters. The number of thiazole rings is 1. The van der Waals surface area contributed by atoms with Crippen LogP contribution in [0.1, 0.15) is 35.6 Å². The molecule has 6 nitrogen and oxygen atoms in total. The second-order valence-corrected chi connectivity index (χ2v) is 11.5. The molecule has 34 heavy (non-hydrogen) atoms. The lowest BCUT2D eigenvalue weighted by Crippen LogP contribution is -2.34. The Hall–Kier alpha value is -2.71. The monoisotopic (exact) mass is 494 g/mol. The van der Waals surface area contributed by atoms with E-state index in [0.717, 1.165) is 32.9 Å². The standard InChI is InChI=1S/C26H26N2O4S2/c1-31-17-10-8-16(9-11-17)27-20(29)13-32-19-5-3-2-4-18(19)22-21-14-6-7-15(12-14)23(21)33-25-24(22)34-26(30)28-25/h2-5,8-11,14-15,21-23H,6-7,12-13H2,1H3,(H,27,29)(H,28,30)/t14-,15-,21+,22-,23+/m0/s1. The molecule has 1 amide bonds. The van der Waals surface area contributed by atoms with Crippen LogP contribution >= 0.6 is 23.1 Å². The Labute approximate surface area is 206 Å². The largest absolute Gasteiger partial charge is 0.497 e. The number of H-pyrrole nitrogens is 1. The van der Waals surface area contributed by atoms with Gasteiger partial charge in [0.1, 0.15) is 11.5 Å². The van der Waals surface area contributed by atoms with Gasteiger partial charge in [-0.2, -0.15) is 0 Å². The van der Waals surface area contributed by atoms with E-state index in [-0.39, 0.29) is 23.3 Å². The molecule has 0 spiro atoms. The number of rotatable bonds is 6. The highest BCUT2D eigenvalue weighted by molar-refractivity contribution is 8.00. The lowest BCUT2D eigenvalue weighted by Gasteiger charge is -2.40. The van der Waals surface area contributed by atoms with Gasteiger partial charge in [0.15, 0.2) is 6.61 Å². The van der Waals surface area contributed by atoms with Gasteiger partial charge in [0, 0.05) is 27.3 Å². The summed E-state index contributed by atoms with van der Waals surface area (Å²) in [5.74, 6) is 3.27. The molecule has 2 heterocycles. The van der Waals surface area contributed by atoms with Crippen molar-refractivity contribution in [1.82, 2.24) is 4.98 Å². The highest BCUT2D eigenvalue weighted by Gasteiger charge is 2.55. The molecule has 1 aliphatic heterocycles. The SMILES string of the molecule is COc1ccc(NC(=O)COc2ccccc2[C@@H]2c3sc(=O)[nH]c3S[C@@H]3[C@H]4CC[C@@H](C4)[C@H]23)cc1. The van der Waals surface area contributed by atoms with Crippen LogP contribution in [0, 0.1) is 17.8 Å². The summed E-state index contributed by atoms with van der Waals surface area (Å²) in [6.45, 7) is -0.0825. The number of aromatic amines is 1. The maximum Gasteiger partial charge on any atom is 0.305 e. The number of methoxy groups -OCH3 is 1. The average Bonchev–Trinajstić information content (AvgIpc) is 3.56. The van der Waals surface area contributed by atoms with Crippen LogP contribution in [0.3, 0.4) is 0 Å². The Balaban J connectivity index is 1.25. The molecule has 0 unspecified atom stereocenters. The number of ether oxygens (including phenoxy) is 2. The van der Waals surface area contributed by atoms with Gasteiger partial charge in [0.2, 0.25) is 0 Å². The molecule has 2 bridgehead atoms. The van der Waals surface area contributed by atoms with Crippen LogP contribution in [0.5, 0.6) is 11.5 Å². The maximum absolute atomic E-state index is 12.6. The summed E-state index contributed by atoms with van der Waals surface area (Å²) < 4.78 is 11.3. The number of carbonyl (C=O) groups is 1. The summed E-state index contributed by atoms with van der Waals surface area (Å²) in [7, 11) is 1.61. The predicted octanol–water partition coefficient (Wildman–Crippen LogP) is 5.11. The Kier molecular flexibility index (Phi) is 5.65. The number of fused-ring (bicyclic) bond motifs is 6. The molecule has 2 N–H and O–H groups in total. The highest BCUT2D eigenvalue weighted by Crippen LogP contribution is 2.64. The number of aromatic nitrogens is 1. The van der Waals surface area contributed by atoms with Gasteiger partial charge >= 0.3 is 4.87 Å². The molecule has 176 valence electrons. The Bertz CT molecular complexity index is 1270. The second kappa shape index (κ2) is 8.82. The van der Waals surface area contributed by atoms with Crippen LogP contribution in [0.25, 0.3) is 0 Å². The first-order valence-electron chi connectivity index (χ1n) is 11.7. The van der Waals surface area contributed by atoms with Gasteiger partial charge in [-0.05, 0) is 67.3 Å². The molecular formula is C26H26N2O4S2. The van der Waals surface area contributed by atoms with Crippen molar-refractivity contribution in [1.29, 1.82) is 0 Å². The van der Waals surface area contributed by atoms with Crippen molar-refractivity contribution in [2.75, 3.05) is 19.0 Å². The van der Waals surface area contributed by atoms with Gasteiger partial charge < -0.3 is 19.8 Å². The van der Waals surface area contributed by atoms with E-state index in [4.69, 9.17) is 9.47 Å². The summed E-state index contributed by atoms with van der Waals surface area (Å²) in [5, 5.41) is 4.44. The van der Waals surface area contributed by atoms with Gasteiger partial charge in [-0.15, -0.1) is 11.8 Å². The lowest BCUT2D eigenvalue weighted by atomic mass is 9.74. The van der Waals surface area contributed by atoms with Crippen molar-refractivity contribution in [3.63, 3.8) is 0 Å². The molecule has 2 aliphatic carbocycles. The fourth-order valence-electron chi connectivity index (χ4n) is 6.08. The number of hydrogen-bond acceptors (Lipinski definition) is 6. The summed E-state index contributed by atoms with van der Waals surface area (Å²) in [5.41, 5.74) is 1.78. The summed E-state index contributed by atoms with van der Waals surface area (Å²) in [4.78, 5) is 29.1. The first kappa shape index (κ1) is 21.8. The van der Waals surface area contributed by atoms with Gasteiger partial charge in [-0.1, -0.05) is 29.5 Å². The van der Waals surface area contributed by atoms with Gasteiger partial charge in [-0.25, -0.2) is 0 Å². The zero-order valence-electron chi connectivity index (χ0n) is 18.8. The number of hydrogen-bond donors (Lipinski definition) is 2. The van der Waals surface area contributed by atoms with Crippen LogP contribution in [0.15, 0.2) is 58.4 Å². The van der Waals surface area contributed by atoms with Crippen molar-refractivity contribution in [3.05, 3.63) is 68.6 Å².